The van der Waals surface area contributed by atoms with Crippen LogP contribution in [0, 0.1) is 5.92 Å². The van der Waals surface area contributed by atoms with Gasteiger partial charge in [0.1, 0.15) is 5.52 Å². The van der Waals surface area contributed by atoms with E-state index in [1.807, 2.05) is 56.3 Å². The number of rotatable bonds is 6. The van der Waals surface area contributed by atoms with Gasteiger partial charge in [-0.05, 0) is 22.8 Å². The molecule has 1 atom stereocenters. The van der Waals surface area contributed by atoms with Gasteiger partial charge in [-0.1, -0.05) is 61.8 Å². The average Bonchev–Trinajstić information content (AvgIpc) is 3.45. The molecule has 8 nitrogen and oxygen atoms in total. The molecular weight excluding hydrogens is 452 g/mol. The quantitative estimate of drug-likeness (QED) is 0.383. The summed E-state index contributed by atoms with van der Waals surface area (Å²) < 4.78 is 3.20. The van der Waals surface area contributed by atoms with Gasteiger partial charge >= 0.3 is 0 Å². The van der Waals surface area contributed by atoms with E-state index in [-0.39, 0.29) is 29.1 Å². The topological polar surface area (TPSA) is 97.1 Å². The Hall–Kier alpha value is -3.91. The third-order valence-corrected chi connectivity index (χ3v) is 6.11. The van der Waals surface area contributed by atoms with Crippen molar-refractivity contribution in [3.63, 3.8) is 0 Å². The van der Waals surface area contributed by atoms with Crippen LogP contribution in [0.5, 0.6) is 0 Å². The van der Waals surface area contributed by atoms with Crippen LogP contribution in [-0.4, -0.2) is 36.8 Å². The molecule has 1 amide bonds. The van der Waals surface area contributed by atoms with E-state index in [2.05, 4.69) is 20.5 Å². The van der Waals surface area contributed by atoms with Gasteiger partial charge in [0, 0.05) is 24.4 Å². The van der Waals surface area contributed by atoms with Crippen LogP contribution in [0.25, 0.3) is 27.5 Å². The molecule has 0 aliphatic carbocycles. The number of benzene rings is 2. The molecular formula is C25H23ClN6O2. The van der Waals surface area contributed by atoms with Gasteiger partial charge in [-0.2, -0.15) is 10.2 Å². The van der Waals surface area contributed by atoms with Crippen molar-refractivity contribution in [2.45, 2.75) is 19.9 Å². The number of fused-ring (bicyclic) bond motifs is 2. The van der Waals surface area contributed by atoms with Crippen LogP contribution in [0.1, 0.15) is 30.4 Å². The number of H-pyrrole nitrogens is 1. The highest BCUT2D eigenvalue weighted by molar-refractivity contribution is 6.30. The summed E-state index contributed by atoms with van der Waals surface area (Å²) in [6.45, 7) is 4.44. The van der Waals surface area contributed by atoms with Gasteiger partial charge in [0.2, 0.25) is 0 Å². The number of halogens is 1. The summed E-state index contributed by atoms with van der Waals surface area (Å²) in [6, 6.07) is 15.4. The summed E-state index contributed by atoms with van der Waals surface area (Å²) in [7, 11) is 0. The van der Waals surface area contributed by atoms with Gasteiger partial charge in [0.25, 0.3) is 11.5 Å². The van der Waals surface area contributed by atoms with Gasteiger partial charge in [-0.3, -0.25) is 14.3 Å². The van der Waals surface area contributed by atoms with E-state index in [0.717, 1.165) is 16.3 Å². The Balaban J connectivity index is 1.40. The molecule has 172 valence electrons. The normalized spacial score (nSPS) is 12.5. The number of nitrogens with zero attached hydrogens (tertiary/aromatic N) is 4. The van der Waals surface area contributed by atoms with E-state index >= 15 is 0 Å². The van der Waals surface area contributed by atoms with E-state index in [9.17, 15) is 9.59 Å². The zero-order chi connectivity index (χ0) is 23.8. The highest BCUT2D eigenvalue weighted by Crippen LogP contribution is 2.23. The molecule has 0 aliphatic heterocycles. The fourth-order valence-electron chi connectivity index (χ4n) is 4.04. The average molecular weight is 475 g/mol. The Bertz CT molecular complexity index is 1560. The Morgan fingerprint density at radius 2 is 1.91 bits per heavy atom. The Labute approximate surface area is 200 Å². The number of carbonyl (C=O) groups excluding carboxylic acids is 1. The maximum absolute atomic E-state index is 12.8. The molecule has 0 fully saturated rings. The molecule has 3 aromatic heterocycles. The van der Waals surface area contributed by atoms with E-state index in [4.69, 9.17) is 11.6 Å². The van der Waals surface area contributed by atoms with Crippen LogP contribution in [0.4, 0.5) is 0 Å². The molecule has 9 heteroatoms. The largest absolute Gasteiger partial charge is 0.348 e. The fourth-order valence-corrected chi connectivity index (χ4v) is 4.18. The smallest absolute Gasteiger partial charge is 0.274 e. The Morgan fingerprint density at radius 1 is 1.12 bits per heavy atom. The van der Waals surface area contributed by atoms with Crippen molar-refractivity contribution in [2.75, 3.05) is 6.54 Å². The van der Waals surface area contributed by atoms with Gasteiger partial charge in [0.05, 0.1) is 29.2 Å². The van der Waals surface area contributed by atoms with Crippen molar-refractivity contribution < 1.29 is 4.79 Å². The number of aromatic amines is 1. The summed E-state index contributed by atoms with van der Waals surface area (Å²) in [5.41, 5.74) is 1.63. The van der Waals surface area contributed by atoms with E-state index in [1.54, 1.807) is 23.3 Å². The standard InChI is InChI=1S/C25H23ClN6O2/c1-15(2)23(31-13-19(26)11-28-31)12-27-24(33)20-10-22-25(34)29-21(14-32(22)30-20)18-8-7-16-5-3-4-6-17(16)9-18/h3-11,13-15,23H,12H2,1-2H3,(H,27,33)(H,29,34). The van der Waals surface area contributed by atoms with Crippen LogP contribution in [0.2, 0.25) is 5.02 Å². The predicted molar refractivity (Wildman–Crippen MR) is 132 cm³/mol. The highest BCUT2D eigenvalue weighted by Gasteiger charge is 2.20. The summed E-state index contributed by atoms with van der Waals surface area (Å²) in [5.74, 6) is -0.149. The third-order valence-electron chi connectivity index (χ3n) is 5.91. The zero-order valence-corrected chi connectivity index (χ0v) is 19.5. The predicted octanol–water partition coefficient (Wildman–Crippen LogP) is 4.32. The van der Waals surface area contributed by atoms with Crippen LogP contribution in [0.15, 0.2) is 71.9 Å². The van der Waals surface area contributed by atoms with Crippen molar-refractivity contribution >= 4 is 33.8 Å². The van der Waals surface area contributed by atoms with Crippen LogP contribution in [-0.2, 0) is 0 Å². The number of carbonyl (C=O) groups is 1. The first kappa shape index (κ1) is 21.9. The molecule has 5 aromatic rings. The lowest BCUT2D eigenvalue weighted by molar-refractivity contribution is 0.0937. The van der Waals surface area contributed by atoms with E-state index < -0.39 is 0 Å². The van der Waals surface area contributed by atoms with Crippen LogP contribution >= 0.6 is 11.6 Å². The maximum Gasteiger partial charge on any atom is 0.274 e. The summed E-state index contributed by atoms with van der Waals surface area (Å²) in [5, 5.41) is 14.3. The monoisotopic (exact) mass is 474 g/mol. The SMILES string of the molecule is CC(C)C(CNC(=O)c1cc2c(=O)[nH]c(-c3ccc4ccccc4c3)cn2n1)n1cc(Cl)cn1. The van der Waals surface area contributed by atoms with E-state index in [1.165, 1.54) is 10.6 Å². The second-order valence-electron chi connectivity index (χ2n) is 8.58. The number of amides is 1. The van der Waals surface area contributed by atoms with Gasteiger partial charge in [-0.15, -0.1) is 0 Å². The highest BCUT2D eigenvalue weighted by atomic mass is 35.5. The lowest BCUT2D eigenvalue weighted by Gasteiger charge is -2.21. The van der Waals surface area contributed by atoms with Gasteiger partial charge < -0.3 is 10.3 Å². The minimum Gasteiger partial charge on any atom is -0.348 e. The first-order chi connectivity index (χ1) is 16.4. The lowest BCUT2D eigenvalue weighted by atomic mass is 10.0. The van der Waals surface area contributed by atoms with Crippen molar-refractivity contribution in [3.05, 3.63) is 88.2 Å². The Morgan fingerprint density at radius 3 is 2.65 bits per heavy atom. The molecule has 2 aromatic carbocycles. The first-order valence-corrected chi connectivity index (χ1v) is 11.4. The first-order valence-electron chi connectivity index (χ1n) is 11.0. The Kier molecular flexibility index (Phi) is 5.67. The molecule has 3 heterocycles. The second kappa shape index (κ2) is 8.79. The molecule has 0 aliphatic rings. The minimum atomic E-state index is -0.362. The molecule has 0 bridgehead atoms. The molecule has 0 radical (unpaired) electrons. The molecule has 2 N–H and O–H groups in total. The number of aromatic nitrogens is 5. The van der Waals surface area contributed by atoms with Gasteiger partial charge in [-0.25, -0.2) is 4.52 Å². The fraction of sp³-hybridized carbons (Fsp3) is 0.200. The van der Waals surface area contributed by atoms with Crippen molar-refractivity contribution in [1.82, 2.24) is 29.7 Å². The minimum absolute atomic E-state index is 0.0728. The molecule has 5 rings (SSSR count). The number of nitrogens with one attached hydrogen (secondary N) is 2. The van der Waals surface area contributed by atoms with Crippen molar-refractivity contribution in [1.29, 1.82) is 0 Å². The second-order valence-corrected chi connectivity index (χ2v) is 9.01. The number of hydrogen-bond donors (Lipinski definition) is 2. The zero-order valence-electron chi connectivity index (χ0n) is 18.7. The lowest BCUT2D eigenvalue weighted by Crippen LogP contribution is -2.33. The van der Waals surface area contributed by atoms with Crippen molar-refractivity contribution in [2.24, 2.45) is 5.92 Å². The van der Waals surface area contributed by atoms with Crippen LogP contribution in [0.3, 0.4) is 0 Å². The molecule has 1 unspecified atom stereocenters. The maximum atomic E-state index is 12.8. The van der Waals surface area contributed by atoms with Crippen LogP contribution < -0.4 is 10.9 Å². The molecule has 0 saturated carbocycles. The van der Waals surface area contributed by atoms with Crippen molar-refractivity contribution in [3.8, 4) is 11.3 Å². The van der Waals surface area contributed by atoms with E-state index in [0.29, 0.717) is 22.8 Å². The summed E-state index contributed by atoms with van der Waals surface area (Å²) in [6.07, 6.45) is 5.03. The summed E-state index contributed by atoms with van der Waals surface area (Å²) >= 11 is 6.00. The molecule has 34 heavy (non-hydrogen) atoms. The van der Waals surface area contributed by atoms with Gasteiger partial charge in [0.15, 0.2) is 5.69 Å². The number of hydrogen-bond acceptors (Lipinski definition) is 4. The summed E-state index contributed by atoms with van der Waals surface area (Å²) in [4.78, 5) is 28.5. The third kappa shape index (κ3) is 4.20. The molecule has 0 spiro atoms. The molecule has 0 saturated heterocycles.